The molecule has 1 aromatic heterocycles. The van der Waals surface area contributed by atoms with E-state index in [0.717, 1.165) is 41.8 Å². The molecular formula is C21H30N4O2S. The number of benzene rings is 1. The molecule has 0 saturated carbocycles. The predicted molar refractivity (Wildman–Crippen MR) is 114 cm³/mol. The van der Waals surface area contributed by atoms with E-state index in [-0.39, 0.29) is 17.7 Å². The molecule has 0 aliphatic rings. The molecule has 1 heterocycles. The standard InChI is InChI=1S/C21H30N4O2S/c1-5-7-8-12-17(26)22-18(15(4)6-2)19(27)23-21-25-24-20(28-21)16-11-9-10-14(3)13-16/h9-11,13,15,18H,5-8,12H2,1-4H3,(H,22,26)(H,23,25,27). The zero-order chi connectivity index (χ0) is 20.5. The quantitative estimate of drug-likeness (QED) is 0.571. The number of nitrogens with one attached hydrogen (secondary N) is 2. The van der Waals surface area contributed by atoms with Crippen molar-refractivity contribution in [1.29, 1.82) is 0 Å². The third-order valence-electron chi connectivity index (χ3n) is 4.74. The third kappa shape index (κ3) is 6.41. The Morgan fingerprint density at radius 1 is 1.18 bits per heavy atom. The Kier molecular flexibility index (Phi) is 8.57. The number of amides is 2. The van der Waals surface area contributed by atoms with E-state index in [1.165, 1.54) is 11.3 Å². The van der Waals surface area contributed by atoms with Gasteiger partial charge in [0, 0.05) is 12.0 Å². The fourth-order valence-electron chi connectivity index (χ4n) is 2.83. The highest BCUT2D eigenvalue weighted by atomic mass is 32.1. The number of anilines is 1. The Morgan fingerprint density at radius 3 is 2.64 bits per heavy atom. The highest BCUT2D eigenvalue weighted by Crippen LogP contribution is 2.27. The number of hydrogen-bond acceptors (Lipinski definition) is 5. The van der Waals surface area contributed by atoms with Gasteiger partial charge in [-0.3, -0.25) is 14.9 Å². The number of rotatable bonds is 10. The Hall–Kier alpha value is -2.28. The maximum absolute atomic E-state index is 12.8. The van der Waals surface area contributed by atoms with Crippen molar-refractivity contribution in [2.24, 2.45) is 5.92 Å². The summed E-state index contributed by atoms with van der Waals surface area (Å²) >= 11 is 1.33. The second kappa shape index (κ2) is 10.9. The van der Waals surface area contributed by atoms with E-state index in [9.17, 15) is 9.59 Å². The minimum atomic E-state index is -0.578. The van der Waals surface area contributed by atoms with Crippen LogP contribution in [0, 0.1) is 12.8 Å². The summed E-state index contributed by atoms with van der Waals surface area (Å²) in [6.45, 7) is 8.09. The number of hydrogen-bond donors (Lipinski definition) is 2. The molecule has 6 nitrogen and oxygen atoms in total. The average molecular weight is 403 g/mol. The number of nitrogens with zero attached hydrogens (tertiary/aromatic N) is 2. The molecule has 1 aromatic carbocycles. The fraction of sp³-hybridized carbons (Fsp3) is 0.524. The fourth-order valence-corrected chi connectivity index (χ4v) is 3.58. The largest absolute Gasteiger partial charge is 0.344 e. The van der Waals surface area contributed by atoms with Crippen molar-refractivity contribution in [2.45, 2.75) is 65.8 Å². The minimum Gasteiger partial charge on any atom is -0.344 e. The monoisotopic (exact) mass is 402 g/mol. The van der Waals surface area contributed by atoms with Crippen molar-refractivity contribution in [3.8, 4) is 10.6 Å². The van der Waals surface area contributed by atoms with E-state index in [2.05, 4.69) is 27.8 Å². The predicted octanol–water partition coefficient (Wildman–Crippen LogP) is 4.56. The zero-order valence-electron chi connectivity index (χ0n) is 17.1. The molecule has 152 valence electrons. The van der Waals surface area contributed by atoms with Gasteiger partial charge in [-0.25, -0.2) is 0 Å². The van der Waals surface area contributed by atoms with Gasteiger partial charge in [-0.1, -0.05) is 75.1 Å². The lowest BCUT2D eigenvalue weighted by Gasteiger charge is -2.23. The lowest BCUT2D eigenvalue weighted by Crippen LogP contribution is -2.47. The maximum atomic E-state index is 12.8. The Morgan fingerprint density at radius 2 is 1.96 bits per heavy atom. The summed E-state index contributed by atoms with van der Waals surface area (Å²) in [4.78, 5) is 25.0. The lowest BCUT2D eigenvalue weighted by molar-refractivity contribution is -0.127. The molecule has 2 aromatic rings. The molecule has 7 heteroatoms. The summed E-state index contributed by atoms with van der Waals surface area (Å²) in [5.41, 5.74) is 2.11. The summed E-state index contributed by atoms with van der Waals surface area (Å²) in [7, 11) is 0. The Balaban J connectivity index is 2.03. The van der Waals surface area contributed by atoms with Crippen LogP contribution < -0.4 is 10.6 Å². The van der Waals surface area contributed by atoms with Crippen molar-refractivity contribution in [2.75, 3.05) is 5.32 Å². The van der Waals surface area contributed by atoms with E-state index in [0.29, 0.717) is 11.6 Å². The van der Waals surface area contributed by atoms with Crippen LogP contribution in [0.2, 0.25) is 0 Å². The van der Waals surface area contributed by atoms with Gasteiger partial charge < -0.3 is 5.32 Å². The lowest BCUT2D eigenvalue weighted by atomic mass is 9.98. The average Bonchev–Trinajstić information content (AvgIpc) is 3.14. The van der Waals surface area contributed by atoms with Crippen molar-refractivity contribution in [3.63, 3.8) is 0 Å². The van der Waals surface area contributed by atoms with Gasteiger partial charge in [0.25, 0.3) is 0 Å². The minimum absolute atomic E-state index is 0.0271. The number of carbonyl (C=O) groups is 2. The van der Waals surface area contributed by atoms with Gasteiger partial charge in [0.15, 0.2) is 0 Å². The van der Waals surface area contributed by atoms with Gasteiger partial charge in [0.2, 0.25) is 16.9 Å². The normalized spacial score (nSPS) is 13.0. The first-order valence-corrected chi connectivity index (χ1v) is 10.8. The van der Waals surface area contributed by atoms with E-state index >= 15 is 0 Å². The number of aromatic nitrogens is 2. The molecule has 0 aliphatic carbocycles. The number of carbonyl (C=O) groups excluding carboxylic acids is 2. The smallest absolute Gasteiger partial charge is 0.249 e. The van der Waals surface area contributed by atoms with Crippen LogP contribution in [-0.2, 0) is 9.59 Å². The summed E-state index contributed by atoms with van der Waals surface area (Å²) < 4.78 is 0. The first kappa shape index (κ1) is 22.0. The van der Waals surface area contributed by atoms with E-state index in [1.54, 1.807) is 0 Å². The summed E-state index contributed by atoms with van der Waals surface area (Å²) in [6, 6.07) is 7.41. The van der Waals surface area contributed by atoms with Gasteiger partial charge in [-0.05, 0) is 25.3 Å². The molecule has 2 rings (SSSR count). The molecule has 0 radical (unpaired) electrons. The molecule has 0 bridgehead atoms. The van der Waals surface area contributed by atoms with Gasteiger partial charge in [0.05, 0.1) is 0 Å². The molecule has 2 N–H and O–H groups in total. The van der Waals surface area contributed by atoms with Crippen molar-refractivity contribution in [3.05, 3.63) is 29.8 Å². The summed E-state index contributed by atoms with van der Waals surface area (Å²) in [5, 5.41) is 15.2. The van der Waals surface area contributed by atoms with Crippen LogP contribution in [-0.4, -0.2) is 28.1 Å². The van der Waals surface area contributed by atoms with E-state index in [4.69, 9.17) is 0 Å². The van der Waals surface area contributed by atoms with E-state index < -0.39 is 6.04 Å². The van der Waals surface area contributed by atoms with Crippen LogP contribution in [0.1, 0.15) is 58.4 Å². The van der Waals surface area contributed by atoms with Gasteiger partial charge in [-0.2, -0.15) is 0 Å². The molecule has 0 spiro atoms. The molecule has 2 amide bonds. The first-order valence-electron chi connectivity index (χ1n) is 9.95. The van der Waals surface area contributed by atoms with Gasteiger partial charge in [-0.15, -0.1) is 10.2 Å². The number of unbranched alkanes of at least 4 members (excludes halogenated alkanes) is 2. The molecule has 2 unspecified atom stereocenters. The summed E-state index contributed by atoms with van der Waals surface area (Å²) in [5.74, 6) is -0.295. The molecule has 2 atom stereocenters. The second-order valence-electron chi connectivity index (χ2n) is 7.16. The molecular weight excluding hydrogens is 372 g/mol. The highest BCUT2D eigenvalue weighted by molar-refractivity contribution is 7.18. The van der Waals surface area contributed by atoms with Crippen LogP contribution in [0.25, 0.3) is 10.6 Å². The van der Waals surface area contributed by atoms with Crippen LogP contribution >= 0.6 is 11.3 Å². The Bertz CT molecular complexity index is 790. The van der Waals surface area contributed by atoms with Gasteiger partial charge >= 0.3 is 0 Å². The molecule has 28 heavy (non-hydrogen) atoms. The van der Waals surface area contributed by atoms with Crippen molar-refractivity contribution in [1.82, 2.24) is 15.5 Å². The van der Waals surface area contributed by atoms with Crippen molar-refractivity contribution < 1.29 is 9.59 Å². The highest BCUT2D eigenvalue weighted by Gasteiger charge is 2.26. The van der Waals surface area contributed by atoms with Gasteiger partial charge in [0.1, 0.15) is 11.0 Å². The van der Waals surface area contributed by atoms with Crippen LogP contribution in [0.3, 0.4) is 0 Å². The van der Waals surface area contributed by atoms with Crippen LogP contribution in [0.4, 0.5) is 5.13 Å². The van der Waals surface area contributed by atoms with Crippen LogP contribution in [0.5, 0.6) is 0 Å². The second-order valence-corrected chi connectivity index (χ2v) is 8.14. The molecule has 0 aliphatic heterocycles. The Labute approximate surface area is 171 Å². The third-order valence-corrected chi connectivity index (χ3v) is 5.63. The first-order chi connectivity index (χ1) is 13.4. The van der Waals surface area contributed by atoms with E-state index in [1.807, 2.05) is 45.0 Å². The van der Waals surface area contributed by atoms with Crippen molar-refractivity contribution >= 4 is 28.3 Å². The number of aryl methyl sites for hydroxylation is 1. The molecule has 0 fully saturated rings. The SMILES string of the molecule is CCCCCC(=O)NC(C(=O)Nc1nnc(-c2cccc(C)c2)s1)C(C)CC. The zero-order valence-corrected chi connectivity index (χ0v) is 17.9. The molecule has 0 saturated heterocycles. The van der Waals surface area contributed by atoms with Crippen LogP contribution in [0.15, 0.2) is 24.3 Å². The maximum Gasteiger partial charge on any atom is 0.249 e. The summed E-state index contributed by atoms with van der Waals surface area (Å²) in [6.07, 6.45) is 4.15. The topological polar surface area (TPSA) is 84.0 Å².